The number of rotatable bonds is 5. The average molecular weight is 488 g/mol. The number of para-hydroxylation sites is 1. The smallest absolute Gasteiger partial charge is 0.260 e. The van der Waals surface area contributed by atoms with Crippen molar-refractivity contribution >= 4 is 35.1 Å². The monoisotopic (exact) mass is 487 g/mol. The standard InChI is InChI=1S/C32H22ClNO2/c33-26-18-16-22(17-19-26)29-28-20-24(21-35)30(23-10-4-1-5-11-23)32(28,25-12-6-2-7-13-25)34(31(29)36)27-14-8-3-9-15-27/h1-21,30H/t30-,32+/m1/s1. The van der Waals surface area contributed by atoms with Crippen LogP contribution in [0.4, 0.5) is 5.69 Å². The molecule has 0 unspecified atom stereocenters. The van der Waals surface area contributed by atoms with E-state index in [-0.39, 0.29) is 11.8 Å². The van der Waals surface area contributed by atoms with Crippen molar-refractivity contribution in [2.75, 3.05) is 4.90 Å². The number of anilines is 1. The number of hydrogen-bond acceptors (Lipinski definition) is 2. The van der Waals surface area contributed by atoms with E-state index in [1.54, 1.807) is 12.1 Å². The maximum atomic E-state index is 14.5. The second-order valence-electron chi connectivity index (χ2n) is 9.01. The summed E-state index contributed by atoms with van der Waals surface area (Å²) in [4.78, 5) is 29.0. The molecule has 2 atom stereocenters. The minimum absolute atomic E-state index is 0.107. The molecular weight excluding hydrogens is 466 g/mol. The molecule has 0 bridgehead atoms. The third kappa shape index (κ3) is 3.20. The third-order valence-corrected chi connectivity index (χ3v) is 7.39. The molecule has 2 aliphatic rings. The summed E-state index contributed by atoms with van der Waals surface area (Å²) in [5.74, 6) is -0.493. The van der Waals surface area contributed by atoms with Crippen molar-refractivity contribution in [2.24, 2.45) is 0 Å². The predicted molar refractivity (Wildman–Crippen MR) is 144 cm³/mol. The van der Waals surface area contributed by atoms with E-state index in [0.29, 0.717) is 16.2 Å². The lowest BCUT2D eigenvalue weighted by Crippen LogP contribution is -2.49. The summed E-state index contributed by atoms with van der Waals surface area (Å²) in [6.07, 6.45) is 2.85. The van der Waals surface area contributed by atoms with Gasteiger partial charge in [-0.2, -0.15) is 0 Å². The fourth-order valence-corrected chi connectivity index (χ4v) is 5.90. The number of amides is 1. The van der Waals surface area contributed by atoms with Crippen molar-refractivity contribution in [3.8, 4) is 0 Å². The van der Waals surface area contributed by atoms with Crippen molar-refractivity contribution < 1.29 is 9.59 Å². The minimum atomic E-state index is -0.938. The van der Waals surface area contributed by atoms with Crippen LogP contribution in [0.3, 0.4) is 0 Å². The second kappa shape index (κ2) is 8.78. The molecule has 1 heterocycles. The number of halogens is 1. The number of fused-ring (bicyclic) bond motifs is 1. The SMILES string of the molecule is O=CC1=CC2=C(c3ccc(Cl)cc3)C(=O)N(c3ccccc3)[C@]2(c2ccccc2)[C@@H]1c1ccccc1. The summed E-state index contributed by atoms with van der Waals surface area (Å²) in [6.45, 7) is 0. The predicted octanol–water partition coefficient (Wildman–Crippen LogP) is 6.96. The summed E-state index contributed by atoms with van der Waals surface area (Å²) in [5, 5.41) is 0.599. The molecule has 174 valence electrons. The van der Waals surface area contributed by atoms with Crippen LogP contribution in [-0.2, 0) is 15.1 Å². The Morgan fingerprint density at radius 1 is 0.750 bits per heavy atom. The Balaban J connectivity index is 1.75. The molecule has 4 heteroatoms. The van der Waals surface area contributed by atoms with E-state index in [4.69, 9.17) is 11.6 Å². The zero-order valence-electron chi connectivity index (χ0n) is 19.3. The maximum absolute atomic E-state index is 14.5. The quantitative estimate of drug-likeness (QED) is 0.285. The number of nitrogens with zero attached hydrogens (tertiary/aromatic N) is 1. The van der Waals surface area contributed by atoms with Crippen LogP contribution in [0.5, 0.6) is 0 Å². The van der Waals surface area contributed by atoms with Gasteiger partial charge in [0.25, 0.3) is 5.91 Å². The van der Waals surface area contributed by atoms with Gasteiger partial charge in [0.2, 0.25) is 0 Å². The molecule has 6 rings (SSSR count). The van der Waals surface area contributed by atoms with Gasteiger partial charge in [0.15, 0.2) is 0 Å². The van der Waals surface area contributed by atoms with Gasteiger partial charge in [-0.25, -0.2) is 0 Å². The first-order valence-electron chi connectivity index (χ1n) is 11.8. The van der Waals surface area contributed by atoms with E-state index >= 15 is 0 Å². The van der Waals surface area contributed by atoms with Gasteiger partial charge in [-0.15, -0.1) is 0 Å². The first-order valence-corrected chi connectivity index (χ1v) is 12.2. The van der Waals surface area contributed by atoms with Crippen LogP contribution in [0.25, 0.3) is 5.57 Å². The fraction of sp³-hybridized carbons (Fsp3) is 0.0625. The number of benzene rings is 4. The molecule has 1 aliphatic heterocycles. The highest BCUT2D eigenvalue weighted by molar-refractivity contribution is 6.33. The second-order valence-corrected chi connectivity index (χ2v) is 9.45. The zero-order chi connectivity index (χ0) is 24.7. The van der Waals surface area contributed by atoms with Crippen molar-refractivity contribution in [3.63, 3.8) is 0 Å². The number of carbonyl (C=O) groups is 2. The van der Waals surface area contributed by atoms with Gasteiger partial charge in [0.05, 0.1) is 5.57 Å². The van der Waals surface area contributed by atoms with Gasteiger partial charge in [-0.05, 0) is 52.6 Å². The lowest BCUT2D eigenvalue weighted by Gasteiger charge is -2.43. The van der Waals surface area contributed by atoms with Crippen LogP contribution in [-0.4, -0.2) is 12.2 Å². The van der Waals surface area contributed by atoms with E-state index in [1.165, 1.54) is 0 Å². The molecule has 0 saturated carbocycles. The molecule has 1 amide bonds. The Kier molecular flexibility index (Phi) is 5.43. The minimum Gasteiger partial charge on any atom is -0.298 e. The maximum Gasteiger partial charge on any atom is 0.260 e. The van der Waals surface area contributed by atoms with E-state index in [2.05, 4.69) is 0 Å². The average Bonchev–Trinajstić information content (AvgIpc) is 3.39. The molecule has 0 N–H and O–H groups in total. The van der Waals surface area contributed by atoms with E-state index < -0.39 is 5.54 Å². The largest absolute Gasteiger partial charge is 0.298 e. The van der Waals surface area contributed by atoms with Gasteiger partial charge in [0, 0.05) is 22.2 Å². The van der Waals surface area contributed by atoms with Gasteiger partial charge in [0.1, 0.15) is 11.8 Å². The van der Waals surface area contributed by atoms with Crippen LogP contribution >= 0.6 is 11.6 Å². The lowest BCUT2D eigenvalue weighted by molar-refractivity contribution is -0.114. The van der Waals surface area contributed by atoms with Crippen molar-refractivity contribution in [2.45, 2.75) is 11.5 Å². The zero-order valence-corrected chi connectivity index (χ0v) is 20.1. The van der Waals surface area contributed by atoms with E-state index in [9.17, 15) is 9.59 Å². The van der Waals surface area contributed by atoms with Gasteiger partial charge in [-0.3, -0.25) is 14.5 Å². The molecule has 3 nitrogen and oxygen atoms in total. The molecule has 36 heavy (non-hydrogen) atoms. The summed E-state index contributed by atoms with van der Waals surface area (Å²) in [6, 6.07) is 37.0. The molecule has 0 radical (unpaired) electrons. The molecule has 0 fully saturated rings. The Morgan fingerprint density at radius 3 is 1.94 bits per heavy atom. The van der Waals surface area contributed by atoms with Crippen LogP contribution in [0.15, 0.2) is 132 Å². The Morgan fingerprint density at radius 2 is 1.33 bits per heavy atom. The van der Waals surface area contributed by atoms with E-state index in [1.807, 2.05) is 114 Å². The molecule has 0 spiro atoms. The molecule has 4 aromatic carbocycles. The lowest BCUT2D eigenvalue weighted by atomic mass is 9.71. The number of aldehydes is 1. The molecule has 0 aromatic heterocycles. The van der Waals surface area contributed by atoms with Crippen LogP contribution in [0.2, 0.25) is 5.02 Å². The Labute approximate surface area is 215 Å². The first kappa shape index (κ1) is 22.3. The first-order chi connectivity index (χ1) is 17.7. The molecular formula is C32H22ClNO2. The number of carbonyl (C=O) groups excluding carboxylic acids is 2. The van der Waals surface area contributed by atoms with Crippen molar-refractivity contribution in [3.05, 3.63) is 154 Å². The van der Waals surface area contributed by atoms with Crippen molar-refractivity contribution in [1.29, 1.82) is 0 Å². The summed E-state index contributed by atoms with van der Waals surface area (Å²) >= 11 is 6.19. The number of hydrogen-bond donors (Lipinski definition) is 0. The highest BCUT2D eigenvalue weighted by Crippen LogP contribution is 2.62. The topological polar surface area (TPSA) is 37.4 Å². The molecule has 0 saturated heterocycles. The normalized spacial score (nSPS) is 20.9. The summed E-state index contributed by atoms with van der Waals surface area (Å²) in [5.41, 5.74) is 4.57. The molecule has 4 aromatic rings. The van der Waals surface area contributed by atoms with Crippen LogP contribution < -0.4 is 4.90 Å². The van der Waals surface area contributed by atoms with Crippen LogP contribution in [0, 0.1) is 0 Å². The summed E-state index contributed by atoms with van der Waals surface area (Å²) < 4.78 is 0. The Hall–Kier alpha value is -4.21. The van der Waals surface area contributed by atoms with Gasteiger partial charge in [-0.1, -0.05) is 103 Å². The van der Waals surface area contributed by atoms with Gasteiger partial charge >= 0.3 is 0 Å². The Bertz CT molecular complexity index is 1510. The summed E-state index contributed by atoms with van der Waals surface area (Å²) in [7, 11) is 0. The fourth-order valence-electron chi connectivity index (χ4n) is 5.77. The van der Waals surface area contributed by atoms with E-state index in [0.717, 1.165) is 34.2 Å². The highest BCUT2D eigenvalue weighted by Gasteiger charge is 2.61. The van der Waals surface area contributed by atoms with Crippen LogP contribution in [0.1, 0.15) is 22.6 Å². The molecule has 1 aliphatic carbocycles. The van der Waals surface area contributed by atoms with Gasteiger partial charge < -0.3 is 0 Å². The highest BCUT2D eigenvalue weighted by atomic mass is 35.5. The third-order valence-electron chi connectivity index (χ3n) is 7.14. The van der Waals surface area contributed by atoms with Crippen molar-refractivity contribution in [1.82, 2.24) is 0 Å².